The number of rotatable bonds is 6. The number of phenols is 1. The molecule has 196 valence electrons. The van der Waals surface area contributed by atoms with Crippen molar-refractivity contribution in [2.75, 3.05) is 0 Å². The van der Waals surface area contributed by atoms with Gasteiger partial charge < -0.3 is 9.84 Å². The van der Waals surface area contributed by atoms with E-state index in [-0.39, 0.29) is 29.0 Å². The molecule has 1 aliphatic rings. The molecule has 1 N–H and O–H groups in total. The van der Waals surface area contributed by atoms with Crippen LogP contribution in [0, 0.1) is 34.9 Å². The zero-order valence-corrected chi connectivity index (χ0v) is 19.9. The molecule has 3 aromatic carbocycles. The third kappa shape index (κ3) is 5.17. The largest absolute Gasteiger partial charge is 0.505 e. The Bertz CT molecular complexity index is 1330. The molecular formula is C28H24F6O3. The second-order valence-corrected chi connectivity index (χ2v) is 9.17. The minimum atomic E-state index is -1.44. The Hall–Kier alpha value is -3.49. The van der Waals surface area contributed by atoms with Gasteiger partial charge in [0.05, 0.1) is 5.56 Å². The number of aryl methyl sites for hydroxylation is 1. The van der Waals surface area contributed by atoms with Gasteiger partial charge in [-0.05, 0) is 78.8 Å². The van der Waals surface area contributed by atoms with Gasteiger partial charge in [0.15, 0.2) is 34.8 Å². The van der Waals surface area contributed by atoms with E-state index in [0.717, 1.165) is 18.2 Å². The molecule has 37 heavy (non-hydrogen) atoms. The van der Waals surface area contributed by atoms with Crippen LogP contribution in [0.25, 0.3) is 0 Å². The van der Waals surface area contributed by atoms with Crippen molar-refractivity contribution >= 4 is 5.97 Å². The van der Waals surface area contributed by atoms with Gasteiger partial charge in [0.1, 0.15) is 0 Å². The van der Waals surface area contributed by atoms with Crippen molar-refractivity contribution in [2.45, 2.75) is 57.3 Å². The van der Waals surface area contributed by atoms with Gasteiger partial charge in [-0.15, -0.1) is 0 Å². The molecule has 0 heterocycles. The number of phenolic OH excluding ortho intramolecular Hbond substituents is 1. The fourth-order valence-electron chi connectivity index (χ4n) is 4.89. The van der Waals surface area contributed by atoms with Crippen molar-refractivity contribution in [1.29, 1.82) is 0 Å². The molecule has 0 radical (unpaired) electrons. The molecule has 0 saturated heterocycles. The fraction of sp³-hybridized carbons (Fsp3) is 0.321. The monoisotopic (exact) mass is 522 g/mol. The van der Waals surface area contributed by atoms with Crippen molar-refractivity contribution in [2.24, 2.45) is 0 Å². The lowest BCUT2D eigenvalue weighted by atomic mass is 9.76. The molecule has 9 heteroatoms. The van der Waals surface area contributed by atoms with E-state index in [9.17, 15) is 36.2 Å². The predicted octanol–water partition coefficient (Wildman–Crippen LogP) is 7.84. The summed E-state index contributed by atoms with van der Waals surface area (Å²) < 4.78 is 91.0. The fourth-order valence-corrected chi connectivity index (χ4v) is 4.89. The minimum absolute atomic E-state index is 0.0363. The average Bonchev–Trinajstić information content (AvgIpc) is 2.89. The van der Waals surface area contributed by atoms with Crippen LogP contribution in [-0.2, 0) is 6.42 Å². The molecule has 1 saturated carbocycles. The van der Waals surface area contributed by atoms with Crippen molar-refractivity contribution in [3.8, 4) is 11.5 Å². The smallest absolute Gasteiger partial charge is 0.346 e. The number of halogens is 6. The number of benzene rings is 3. The Morgan fingerprint density at radius 3 is 1.92 bits per heavy atom. The first kappa shape index (κ1) is 26.6. The zero-order chi connectivity index (χ0) is 26.9. The first-order valence-corrected chi connectivity index (χ1v) is 12.0. The summed E-state index contributed by atoms with van der Waals surface area (Å²) in [5.74, 6) is -11.4. The van der Waals surface area contributed by atoms with Crippen LogP contribution in [0.15, 0.2) is 36.4 Å². The number of carbonyl (C=O) groups is 1. The second kappa shape index (κ2) is 10.9. The summed E-state index contributed by atoms with van der Waals surface area (Å²) in [7, 11) is 0. The zero-order valence-electron chi connectivity index (χ0n) is 19.9. The van der Waals surface area contributed by atoms with Crippen molar-refractivity contribution in [3.05, 3.63) is 93.6 Å². The highest BCUT2D eigenvalue weighted by molar-refractivity contribution is 5.91. The molecule has 0 bridgehead atoms. The highest BCUT2D eigenvalue weighted by Crippen LogP contribution is 2.43. The van der Waals surface area contributed by atoms with E-state index in [1.807, 2.05) is 0 Å². The number of esters is 1. The quantitative estimate of drug-likeness (QED) is 0.204. The molecule has 1 aliphatic carbocycles. The maximum atomic E-state index is 14.9. The van der Waals surface area contributed by atoms with Gasteiger partial charge in [-0.25, -0.2) is 22.4 Å². The minimum Gasteiger partial charge on any atom is -0.505 e. The lowest BCUT2D eigenvalue weighted by molar-refractivity contribution is 0.0720. The van der Waals surface area contributed by atoms with Gasteiger partial charge in [0.25, 0.3) is 0 Å². The van der Waals surface area contributed by atoms with Gasteiger partial charge in [-0.1, -0.05) is 31.5 Å². The third-order valence-corrected chi connectivity index (χ3v) is 6.88. The summed E-state index contributed by atoms with van der Waals surface area (Å²) in [6.45, 7) is 1.78. The summed E-state index contributed by atoms with van der Waals surface area (Å²) in [4.78, 5) is 12.4. The standard InChI is InChI=1S/C28H24F6O3/c1-2-3-16-8-9-19(25(32)22(16)29)28(36)37-21-13-11-18(24(31)27(21)34)15-6-4-14(5-7-15)17-10-12-20(35)26(33)23(17)30/h8-15,35H,2-7H2,1H3. The van der Waals surface area contributed by atoms with Gasteiger partial charge in [-0.3, -0.25) is 0 Å². The highest BCUT2D eigenvalue weighted by atomic mass is 19.2. The molecule has 0 aromatic heterocycles. The van der Waals surface area contributed by atoms with E-state index in [1.165, 1.54) is 18.2 Å². The summed E-state index contributed by atoms with van der Waals surface area (Å²) in [5.41, 5.74) is -0.494. The van der Waals surface area contributed by atoms with Crippen LogP contribution in [-0.4, -0.2) is 11.1 Å². The van der Waals surface area contributed by atoms with E-state index < -0.39 is 63.9 Å². The van der Waals surface area contributed by atoms with Crippen LogP contribution in [0.3, 0.4) is 0 Å². The molecule has 3 aromatic rings. The summed E-state index contributed by atoms with van der Waals surface area (Å²) >= 11 is 0. The molecule has 4 rings (SSSR count). The molecule has 1 fully saturated rings. The lowest BCUT2D eigenvalue weighted by Gasteiger charge is -2.29. The molecule has 3 nitrogen and oxygen atoms in total. The molecule has 0 aliphatic heterocycles. The van der Waals surface area contributed by atoms with Crippen LogP contribution in [0.4, 0.5) is 26.3 Å². The number of carbonyl (C=O) groups excluding carboxylic acids is 1. The maximum absolute atomic E-state index is 14.9. The average molecular weight is 522 g/mol. The van der Waals surface area contributed by atoms with Crippen molar-refractivity contribution in [1.82, 2.24) is 0 Å². The molecule has 0 spiro atoms. The molecular weight excluding hydrogens is 498 g/mol. The van der Waals surface area contributed by atoms with E-state index in [2.05, 4.69) is 0 Å². The van der Waals surface area contributed by atoms with E-state index in [4.69, 9.17) is 4.74 Å². The summed E-state index contributed by atoms with van der Waals surface area (Å²) in [6.07, 6.45) is 2.30. The molecule has 0 amide bonds. The topological polar surface area (TPSA) is 46.5 Å². The third-order valence-electron chi connectivity index (χ3n) is 6.88. The number of ether oxygens (including phenoxy) is 1. The Balaban J connectivity index is 1.47. The van der Waals surface area contributed by atoms with E-state index in [1.54, 1.807) is 6.92 Å². The van der Waals surface area contributed by atoms with Crippen LogP contribution >= 0.6 is 0 Å². The first-order valence-electron chi connectivity index (χ1n) is 12.0. The number of aromatic hydroxyl groups is 1. The van der Waals surface area contributed by atoms with Gasteiger partial charge in [0.2, 0.25) is 11.6 Å². The number of hydrogen-bond donors (Lipinski definition) is 1. The maximum Gasteiger partial charge on any atom is 0.346 e. The van der Waals surface area contributed by atoms with Crippen LogP contribution in [0.1, 0.15) is 77.9 Å². The van der Waals surface area contributed by atoms with Gasteiger partial charge in [-0.2, -0.15) is 8.78 Å². The normalized spacial score (nSPS) is 17.6. The number of hydrogen-bond acceptors (Lipinski definition) is 3. The Labute approximate surface area is 209 Å². The molecule has 0 atom stereocenters. The first-order chi connectivity index (χ1) is 17.6. The van der Waals surface area contributed by atoms with Crippen LogP contribution < -0.4 is 4.74 Å². The van der Waals surface area contributed by atoms with Crippen LogP contribution in [0.5, 0.6) is 11.5 Å². The Morgan fingerprint density at radius 2 is 1.32 bits per heavy atom. The molecule has 0 unspecified atom stereocenters. The summed E-state index contributed by atoms with van der Waals surface area (Å²) in [5, 5.41) is 9.31. The van der Waals surface area contributed by atoms with Crippen molar-refractivity contribution in [3.63, 3.8) is 0 Å². The van der Waals surface area contributed by atoms with Gasteiger partial charge >= 0.3 is 5.97 Å². The van der Waals surface area contributed by atoms with E-state index in [0.29, 0.717) is 32.1 Å². The van der Waals surface area contributed by atoms with E-state index >= 15 is 0 Å². The Kier molecular flexibility index (Phi) is 7.80. The van der Waals surface area contributed by atoms with Crippen LogP contribution in [0.2, 0.25) is 0 Å². The Morgan fingerprint density at radius 1 is 0.757 bits per heavy atom. The van der Waals surface area contributed by atoms with Gasteiger partial charge in [0, 0.05) is 0 Å². The highest BCUT2D eigenvalue weighted by Gasteiger charge is 2.30. The predicted molar refractivity (Wildman–Crippen MR) is 124 cm³/mol. The second-order valence-electron chi connectivity index (χ2n) is 9.17. The van der Waals surface area contributed by atoms with Crippen molar-refractivity contribution < 1.29 is 41.0 Å². The SMILES string of the molecule is CCCc1ccc(C(=O)Oc2ccc(C3CCC(c4ccc(O)c(F)c4F)CC3)c(F)c2F)c(F)c1F. The lowest BCUT2D eigenvalue weighted by Crippen LogP contribution is -2.16. The summed E-state index contributed by atoms with van der Waals surface area (Å²) in [6, 6.07) is 6.98.